The van der Waals surface area contributed by atoms with E-state index < -0.39 is 4.92 Å². The lowest BCUT2D eigenvalue weighted by atomic mass is 10.2. The number of nitrogens with two attached hydrogens (primary N) is 1. The molecule has 1 saturated heterocycles. The summed E-state index contributed by atoms with van der Waals surface area (Å²) in [5, 5.41) is 20.3. The summed E-state index contributed by atoms with van der Waals surface area (Å²) >= 11 is 6.06. The SMILES string of the molecule is Nc1cc(N2CCCC2CO)c(Cl)cc1[N+](=O)[O-]. The van der Waals surface area contributed by atoms with Gasteiger partial charge in [0.25, 0.3) is 5.69 Å². The average Bonchev–Trinajstić information content (AvgIpc) is 2.79. The van der Waals surface area contributed by atoms with Crippen LogP contribution in [0.3, 0.4) is 0 Å². The fraction of sp³-hybridized carbons (Fsp3) is 0.455. The summed E-state index contributed by atoms with van der Waals surface area (Å²) in [6.45, 7) is 0.801. The first kappa shape index (κ1) is 12.9. The lowest BCUT2D eigenvalue weighted by molar-refractivity contribution is -0.383. The molecular weight excluding hydrogens is 258 g/mol. The zero-order valence-corrected chi connectivity index (χ0v) is 10.4. The molecule has 0 saturated carbocycles. The van der Waals surface area contributed by atoms with Gasteiger partial charge in [0.05, 0.1) is 28.3 Å². The van der Waals surface area contributed by atoms with E-state index in [0.717, 1.165) is 19.4 Å². The fourth-order valence-corrected chi connectivity index (χ4v) is 2.55. The van der Waals surface area contributed by atoms with E-state index in [-0.39, 0.29) is 29.0 Å². The van der Waals surface area contributed by atoms with Crippen LogP contribution >= 0.6 is 11.6 Å². The molecular formula is C11H14ClN3O3. The average molecular weight is 272 g/mol. The normalized spacial score (nSPS) is 19.2. The van der Waals surface area contributed by atoms with Crippen molar-refractivity contribution in [2.75, 3.05) is 23.8 Å². The van der Waals surface area contributed by atoms with Crippen molar-refractivity contribution in [1.82, 2.24) is 0 Å². The first-order valence-electron chi connectivity index (χ1n) is 5.65. The molecule has 0 aromatic heterocycles. The van der Waals surface area contributed by atoms with Crippen molar-refractivity contribution in [2.24, 2.45) is 0 Å². The van der Waals surface area contributed by atoms with Gasteiger partial charge in [-0.05, 0) is 18.9 Å². The minimum Gasteiger partial charge on any atom is -0.394 e. The molecule has 1 aliphatic heterocycles. The predicted molar refractivity (Wildman–Crippen MR) is 70.0 cm³/mol. The molecule has 0 aliphatic carbocycles. The van der Waals surface area contributed by atoms with Gasteiger partial charge in [-0.1, -0.05) is 11.6 Å². The molecule has 0 amide bonds. The quantitative estimate of drug-likeness (QED) is 0.497. The van der Waals surface area contributed by atoms with Crippen LogP contribution in [0.4, 0.5) is 17.1 Å². The number of nitrogen functional groups attached to an aromatic ring is 1. The van der Waals surface area contributed by atoms with Gasteiger partial charge in [0.1, 0.15) is 5.69 Å². The predicted octanol–water partition coefficient (Wildman–Crippen LogP) is 1.79. The lowest BCUT2D eigenvalue weighted by Gasteiger charge is -2.26. The summed E-state index contributed by atoms with van der Waals surface area (Å²) in [5.74, 6) is 0. The van der Waals surface area contributed by atoms with Gasteiger partial charge in [-0.15, -0.1) is 0 Å². The maximum Gasteiger partial charge on any atom is 0.293 e. The van der Waals surface area contributed by atoms with Crippen LogP contribution in [-0.4, -0.2) is 29.2 Å². The summed E-state index contributed by atoms with van der Waals surface area (Å²) in [5.41, 5.74) is 6.20. The van der Waals surface area contributed by atoms with Crippen molar-refractivity contribution in [1.29, 1.82) is 0 Å². The molecule has 1 aromatic carbocycles. The van der Waals surface area contributed by atoms with Gasteiger partial charge in [0.2, 0.25) is 0 Å². The first-order chi connectivity index (χ1) is 8.54. The van der Waals surface area contributed by atoms with Crippen LogP contribution in [0.1, 0.15) is 12.8 Å². The van der Waals surface area contributed by atoms with Gasteiger partial charge in [0.15, 0.2) is 0 Å². The number of nitrogens with zero attached hydrogens (tertiary/aromatic N) is 2. The molecule has 0 radical (unpaired) electrons. The fourth-order valence-electron chi connectivity index (χ4n) is 2.29. The summed E-state index contributed by atoms with van der Waals surface area (Å²) < 4.78 is 0. The number of halogens is 1. The molecule has 98 valence electrons. The van der Waals surface area contributed by atoms with Crippen LogP contribution in [-0.2, 0) is 0 Å². The number of benzene rings is 1. The number of rotatable bonds is 3. The van der Waals surface area contributed by atoms with Crippen LogP contribution in [0.15, 0.2) is 12.1 Å². The van der Waals surface area contributed by atoms with Crippen molar-refractivity contribution >= 4 is 28.7 Å². The summed E-state index contributed by atoms with van der Waals surface area (Å²) in [7, 11) is 0. The van der Waals surface area contributed by atoms with Crippen LogP contribution in [0.2, 0.25) is 5.02 Å². The molecule has 0 spiro atoms. The van der Waals surface area contributed by atoms with Crippen molar-refractivity contribution in [2.45, 2.75) is 18.9 Å². The second-order valence-electron chi connectivity index (χ2n) is 4.29. The Hall–Kier alpha value is -1.53. The topological polar surface area (TPSA) is 92.6 Å². The van der Waals surface area contributed by atoms with Gasteiger partial charge in [-0.2, -0.15) is 0 Å². The number of hydrogen-bond donors (Lipinski definition) is 2. The minimum atomic E-state index is -0.557. The molecule has 7 heteroatoms. The number of aliphatic hydroxyl groups is 1. The van der Waals surface area contributed by atoms with Gasteiger partial charge in [0, 0.05) is 12.6 Å². The smallest absolute Gasteiger partial charge is 0.293 e. The maximum absolute atomic E-state index is 10.7. The Morgan fingerprint density at radius 2 is 2.33 bits per heavy atom. The molecule has 3 N–H and O–H groups in total. The van der Waals surface area contributed by atoms with Gasteiger partial charge in [-0.3, -0.25) is 10.1 Å². The molecule has 18 heavy (non-hydrogen) atoms. The van der Waals surface area contributed by atoms with Crippen LogP contribution in [0.5, 0.6) is 0 Å². The molecule has 1 unspecified atom stereocenters. The van der Waals surface area contributed by atoms with Crippen molar-refractivity contribution in [3.63, 3.8) is 0 Å². The highest BCUT2D eigenvalue weighted by atomic mass is 35.5. The van der Waals surface area contributed by atoms with E-state index in [9.17, 15) is 15.2 Å². The Kier molecular flexibility index (Phi) is 3.58. The molecule has 2 rings (SSSR count). The van der Waals surface area contributed by atoms with Crippen LogP contribution < -0.4 is 10.6 Å². The van der Waals surface area contributed by atoms with Crippen LogP contribution in [0, 0.1) is 10.1 Å². The highest BCUT2D eigenvalue weighted by Gasteiger charge is 2.27. The van der Waals surface area contributed by atoms with Gasteiger partial charge < -0.3 is 15.7 Å². The Bertz CT molecular complexity index is 481. The van der Waals surface area contributed by atoms with E-state index in [2.05, 4.69) is 0 Å². The van der Waals surface area contributed by atoms with Crippen molar-refractivity contribution in [3.05, 3.63) is 27.3 Å². The van der Waals surface area contributed by atoms with Crippen molar-refractivity contribution in [3.8, 4) is 0 Å². The maximum atomic E-state index is 10.7. The molecule has 1 aliphatic rings. The lowest BCUT2D eigenvalue weighted by Crippen LogP contribution is -2.32. The monoisotopic (exact) mass is 271 g/mol. The third-order valence-corrected chi connectivity index (χ3v) is 3.49. The Morgan fingerprint density at radius 1 is 1.61 bits per heavy atom. The van der Waals surface area contributed by atoms with Gasteiger partial charge >= 0.3 is 0 Å². The third kappa shape index (κ3) is 2.21. The summed E-state index contributed by atoms with van der Waals surface area (Å²) in [6.07, 6.45) is 1.84. The highest BCUT2D eigenvalue weighted by Crippen LogP contribution is 2.37. The molecule has 1 fully saturated rings. The molecule has 6 nitrogen and oxygen atoms in total. The van der Waals surface area contributed by atoms with E-state index in [4.69, 9.17) is 17.3 Å². The Balaban J connectivity index is 2.40. The largest absolute Gasteiger partial charge is 0.394 e. The number of hydrogen-bond acceptors (Lipinski definition) is 5. The van der Waals surface area contributed by atoms with Crippen LogP contribution in [0.25, 0.3) is 0 Å². The summed E-state index contributed by atoms with van der Waals surface area (Å²) in [6, 6.07) is 2.77. The standard InChI is InChI=1S/C11H14ClN3O3/c12-8-4-11(15(17)18)9(13)5-10(8)14-3-1-2-7(14)6-16/h4-5,7,16H,1-3,6,13H2. The number of nitro groups is 1. The van der Waals surface area contributed by atoms with E-state index in [1.54, 1.807) is 0 Å². The zero-order valence-electron chi connectivity index (χ0n) is 9.67. The van der Waals surface area contributed by atoms with E-state index >= 15 is 0 Å². The minimum absolute atomic E-state index is 0.00311. The molecule has 1 heterocycles. The molecule has 0 bridgehead atoms. The van der Waals surface area contributed by atoms with E-state index in [1.165, 1.54) is 12.1 Å². The number of anilines is 2. The van der Waals surface area contributed by atoms with E-state index in [0.29, 0.717) is 5.69 Å². The molecule has 1 aromatic rings. The number of nitro benzene ring substituents is 1. The first-order valence-corrected chi connectivity index (χ1v) is 6.03. The Morgan fingerprint density at radius 3 is 2.94 bits per heavy atom. The third-order valence-electron chi connectivity index (χ3n) is 3.19. The van der Waals surface area contributed by atoms with Crippen molar-refractivity contribution < 1.29 is 10.0 Å². The summed E-state index contributed by atoms with van der Waals surface area (Å²) in [4.78, 5) is 12.1. The van der Waals surface area contributed by atoms with E-state index in [1.807, 2.05) is 4.90 Å². The Labute approximate surface area is 109 Å². The molecule has 1 atom stereocenters. The highest BCUT2D eigenvalue weighted by molar-refractivity contribution is 6.33. The second kappa shape index (κ2) is 4.99. The van der Waals surface area contributed by atoms with Gasteiger partial charge in [-0.25, -0.2) is 0 Å². The number of aliphatic hydroxyl groups excluding tert-OH is 1. The zero-order chi connectivity index (χ0) is 13.3. The second-order valence-corrected chi connectivity index (χ2v) is 4.70.